The van der Waals surface area contributed by atoms with E-state index in [-0.39, 0.29) is 30.7 Å². The number of nitrogens with one attached hydrogen (secondary N) is 2. The lowest BCUT2D eigenvalue weighted by Gasteiger charge is -2.22. The molecule has 2 amide bonds. The Morgan fingerprint density at radius 3 is 2.52 bits per heavy atom. The second-order valence-electron chi connectivity index (χ2n) is 10.2. The first kappa shape index (κ1) is 27.1. The van der Waals surface area contributed by atoms with Gasteiger partial charge < -0.3 is 34.5 Å². The van der Waals surface area contributed by atoms with Gasteiger partial charge in [-0.1, -0.05) is 30.3 Å². The quantitative estimate of drug-likeness (QED) is 0.383. The third kappa shape index (κ3) is 5.32. The molecule has 0 radical (unpaired) electrons. The van der Waals surface area contributed by atoms with Crippen molar-refractivity contribution < 1.29 is 28.5 Å². The van der Waals surface area contributed by atoms with Crippen LogP contribution >= 0.6 is 0 Å². The summed E-state index contributed by atoms with van der Waals surface area (Å²) in [5, 5.41) is 16.9. The number of ether oxygens (including phenoxy) is 4. The molecule has 2 atom stereocenters. The lowest BCUT2D eigenvalue weighted by atomic mass is 10.1. The molecule has 3 aromatic carbocycles. The highest BCUT2D eigenvalue weighted by molar-refractivity contribution is 5.96. The van der Waals surface area contributed by atoms with Crippen LogP contribution in [0.4, 0.5) is 5.82 Å². The minimum absolute atomic E-state index is 0.245. The van der Waals surface area contributed by atoms with Gasteiger partial charge in [0.1, 0.15) is 6.10 Å². The topological polar surface area (TPSA) is 124 Å². The fraction of sp³-hybridized carbons (Fsp3) is 0.290. The van der Waals surface area contributed by atoms with Crippen molar-refractivity contribution in [3.8, 4) is 23.0 Å². The summed E-state index contributed by atoms with van der Waals surface area (Å²) in [5.74, 6) is 1.83. The van der Waals surface area contributed by atoms with Gasteiger partial charge >= 0.3 is 0 Å². The van der Waals surface area contributed by atoms with E-state index in [0.717, 1.165) is 27.8 Å². The molecule has 0 unspecified atom stereocenters. The molecule has 3 aliphatic rings. The Hall–Kier alpha value is -5.06. The van der Waals surface area contributed by atoms with Gasteiger partial charge in [-0.25, -0.2) is 0 Å². The van der Waals surface area contributed by atoms with Crippen LogP contribution in [0.25, 0.3) is 10.8 Å². The van der Waals surface area contributed by atoms with Crippen molar-refractivity contribution in [2.45, 2.75) is 25.6 Å². The largest absolute Gasteiger partial charge is 0.493 e. The monoisotopic (exact) mass is 569 g/mol. The van der Waals surface area contributed by atoms with Gasteiger partial charge in [0.15, 0.2) is 35.4 Å². The van der Waals surface area contributed by atoms with Crippen molar-refractivity contribution in [1.82, 2.24) is 20.8 Å². The predicted octanol–water partition coefficient (Wildman–Crippen LogP) is 3.03. The normalized spacial score (nSPS) is 18.8. The molecule has 4 bridgehead atoms. The highest BCUT2D eigenvalue weighted by Gasteiger charge is 2.38. The van der Waals surface area contributed by atoms with Gasteiger partial charge in [0, 0.05) is 29.4 Å². The second kappa shape index (κ2) is 11.4. The van der Waals surface area contributed by atoms with E-state index in [1.165, 1.54) is 7.11 Å². The molecular weight excluding hydrogens is 538 g/mol. The van der Waals surface area contributed by atoms with Gasteiger partial charge in [0.2, 0.25) is 0 Å². The summed E-state index contributed by atoms with van der Waals surface area (Å²) in [6.07, 6.45) is -0.445. The first-order valence-corrected chi connectivity index (χ1v) is 13.6. The van der Waals surface area contributed by atoms with Crippen LogP contribution in [0.3, 0.4) is 0 Å². The third-order valence-corrected chi connectivity index (χ3v) is 7.52. The van der Waals surface area contributed by atoms with E-state index in [2.05, 4.69) is 25.7 Å². The molecule has 11 nitrogen and oxygen atoms in total. The maximum Gasteiger partial charge on any atom is 0.258 e. The summed E-state index contributed by atoms with van der Waals surface area (Å²) in [5.41, 5.74) is 2.03. The molecule has 11 heteroatoms. The number of hydrogen-bond acceptors (Lipinski definition) is 9. The minimum atomic E-state index is -0.445. The van der Waals surface area contributed by atoms with E-state index in [0.29, 0.717) is 35.9 Å². The smallest absolute Gasteiger partial charge is 0.258 e. The molecule has 0 spiro atoms. The van der Waals surface area contributed by atoms with E-state index in [9.17, 15) is 9.59 Å². The van der Waals surface area contributed by atoms with Gasteiger partial charge in [-0.05, 0) is 42.8 Å². The highest BCUT2D eigenvalue weighted by atomic mass is 16.5. The van der Waals surface area contributed by atoms with Crippen LogP contribution in [0.5, 0.6) is 23.0 Å². The summed E-state index contributed by atoms with van der Waals surface area (Å²) < 4.78 is 23.3. The number of hydrogen-bond donors (Lipinski definition) is 2. The van der Waals surface area contributed by atoms with Crippen molar-refractivity contribution in [3.63, 3.8) is 0 Å². The number of methoxy groups -OCH3 is 2. The number of fused-ring (bicyclic) bond motifs is 8. The van der Waals surface area contributed by atoms with Crippen molar-refractivity contribution in [2.24, 2.45) is 0 Å². The Bertz CT molecular complexity index is 1660. The van der Waals surface area contributed by atoms with E-state index >= 15 is 0 Å². The number of carbonyl (C=O) groups excluding carboxylic acids is 2. The molecule has 0 aliphatic carbocycles. The maximum atomic E-state index is 13.6. The zero-order valence-corrected chi connectivity index (χ0v) is 23.5. The number of aromatic nitrogens is 2. The van der Waals surface area contributed by atoms with Crippen LogP contribution in [-0.2, 0) is 11.3 Å². The van der Waals surface area contributed by atoms with E-state index in [1.54, 1.807) is 25.3 Å². The molecule has 1 aromatic heterocycles. The predicted molar refractivity (Wildman–Crippen MR) is 155 cm³/mol. The Balaban J connectivity index is 1.38. The molecule has 1 fully saturated rings. The molecule has 2 N–H and O–H groups in total. The SMILES string of the molecule is COc1ccc2cc1OCC(=O)NCc1ccc(c(OC)c1)O[C@H]1CN(c3nnc(C)c4ccccc34)C[C@@H]1NC2=O. The molecule has 1 saturated heterocycles. The number of anilines is 1. The molecular formula is C31H31N5O6. The van der Waals surface area contributed by atoms with Crippen molar-refractivity contribution >= 4 is 28.4 Å². The fourth-order valence-electron chi connectivity index (χ4n) is 5.32. The standard InChI is InChI=1S/C31H31N5O6/c1-18-21-6-4-5-7-22(21)30(35-34-18)36-15-23-28(16-36)42-25-10-8-19(12-26(25)40-3)14-32-29(37)17-41-27-13-20(31(38)33-23)9-11-24(27)39-2/h4-13,23,28H,14-17H2,1-3H3,(H,32,37)(H,33,38)/t23-,28-/m0/s1. The third-order valence-electron chi connectivity index (χ3n) is 7.52. The van der Waals surface area contributed by atoms with Gasteiger partial charge in [-0.15, -0.1) is 5.10 Å². The lowest BCUT2D eigenvalue weighted by molar-refractivity contribution is -0.123. The molecule has 42 heavy (non-hydrogen) atoms. The summed E-state index contributed by atoms with van der Waals surface area (Å²) >= 11 is 0. The molecule has 7 rings (SSSR count). The zero-order chi connectivity index (χ0) is 29.2. The van der Waals surface area contributed by atoms with E-state index < -0.39 is 12.1 Å². The average molecular weight is 570 g/mol. The van der Waals surface area contributed by atoms with Crippen LogP contribution in [0, 0.1) is 6.92 Å². The van der Waals surface area contributed by atoms with Gasteiger partial charge in [0.05, 0.1) is 32.5 Å². The molecule has 216 valence electrons. The highest BCUT2D eigenvalue weighted by Crippen LogP contribution is 2.34. The zero-order valence-electron chi connectivity index (χ0n) is 23.5. The number of aryl methyl sites for hydroxylation is 1. The second-order valence-corrected chi connectivity index (χ2v) is 10.2. The van der Waals surface area contributed by atoms with Crippen molar-refractivity contribution in [1.29, 1.82) is 0 Å². The number of benzene rings is 3. The summed E-state index contributed by atoms with van der Waals surface area (Å²) in [6, 6.07) is 18.0. The minimum Gasteiger partial charge on any atom is -0.493 e. The maximum absolute atomic E-state index is 13.6. The fourth-order valence-corrected chi connectivity index (χ4v) is 5.32. The van der Waals surface area contributed by atoms with E-state index in [1.807, 2.05) is 49.4 Å². The first-order chi connectivity index (χ1) is 20.4. The molecule has 0 saturated carbocycles. The van der Waals surface area contributed by atoms with Crippen LogP contribution < -0.4 is 34.5 Å². The number of amides is 2. The van der Waals surface area contributed by atoms with Crippen molar-refractivity contribution in [2.75, 3.05) is 38.8 Å². The Labute approximate surface area is 242 Å². The number of nitrogens with zero attached hydrogens (tertiary/aromatic N) is 3. The molecule has 4 aromatic rings. The summed E-state index contributed by atoms with van der Waals surface area (Å²) in [7, 11) is 3.07. The van der Waals surface area contributed by atoms with Crippen LogP contribution in [0.15, 0.2) is 60.7 Å². The Kier molecular flexibility index (Phi) is 7.39. The van der Waals surface area contributed by atoms with Gasteiger partial charge in [-0.3, -0.25) is 9.59 Å². The molecule has 4 heterocycles. The average Bonchev–Trinajstić information content (AvgIpc) is 3.40. The van der Waals surface area contributed by atoms with E-state index in [4.69, 9.17) is 18.9 Å². The molecule has 3 aliphatic heterocycles. The summed E-state index contributed by atoms with van der Waals surface area (Å²) in [4.78, 5) is 28.2. The summed E-state index contributed by atoms with van der Waals surface area (Å²) in [6.45, 7) is 2.85. The number of carbonyl (C=O) groups is 2. The number of rotatable bonds is 3. The lowest BCUT2D eigenvalue weighted by Crippen LogP contribution is -2.45. The van der Waals surface area contributed by atoms with Gasteiger partial charge in [-0.2, -0.15) is 5.10 Å². The van der Waals surface area contributed by atoms with Crippen LogP contribution in [0.1, 0.15) is 21.6 Å². The van der Waals surface area contributed by atoms with Gasteiger partial charge in [0.25, 0.3) is 11.8 Å². The first-order valence-electron chi connectivity index (χ1n) is 13.6. The van der Waals surface area contributed by atoms with Crippen LogP contribution in [-0.4, -0.2) is 68.1 Å². The Morgan fingerprint density at radius 2 is 1.71 bits per heavy atom. The van der Waals surface area contributed by atoms with Crippen molar-refractivity contribution in [3.05, 3.63) is 77.5 Å². The Morgan fingerprint density at radius 1 is 0.905 bits per heavy atom. The van der Waals surface area contributed by atoms with Crippen LogP contribution in [0.2, 0.25) is 0 Å².